The number of hydrogen-bond acceptors (Lipinski definition) is 6. The SMILES string of the molecule is O=C(C1CCCN(c2nc3ccccc3s2)C1)N1CCN(c2ccccn2)CC1. The maximum Gasteiger partial charge on any atom is 0.227 e. The van der Waals surface area contributed by atoms with Crippen molar-refractivity contribution in [2.45, 2.75) is 12.8 Å². The molecule has 5 rings (SSSR count). The van der Waals surface area contributed by atoms with E-state index in [9.17, 15) is 4.79 Å². The zero-order valence-electron chi connectivity index (χ0n) is 16.4. The van der Waals surface area contributed by atoms with Crippen LogP contribution in [0.2, 0.25) is 0 Å². The van der Waals surface area contributed by atoms with Crippen molar-refractivity contribution in [1.29, 1.82) is 0 Å². The van der Waals surface area contributed by atoms with Crippen LogP contribution in [0.15, 0.2) is 48.7 Å². The van der Waals surface area contributed by atoms with E-state index in [-0.39, 0.29) is 5.92 Å². The van der Waals surface area contributed by atoms with Crippen molar-refractivity contribution in [3.05, 3.63) is 48.7 Å². The van der Waals surface area contributed by atoms with Crippen LogP contribution in [0.5, 0.6) is 0 Å². The molecule has 0 bridgehead atoms. The Bertz CT molecular complexity index is 950. The van der Waals surface area contributed by atoms with Crippen LogP contribution in [0.25, 0.3) is 10.2 Å². The molecule has 2 aliphatic heterocycles. The van der Waals surface area contributed by atoms with Gasteiger partial charge in [0.05, 0.1) is 16.1 Å². The summed E-state index contributed by atoms with van der Waals surface area (Å²) in [4.78, 5) is 29.0. The molecule has 6 nitrogen and oxygen atoms in total. The molecule has 150 valence electrons. The van der Waals surface area contributed by atoms with E-state index in [1.54, 1.807) is 11.3 Å². The fourth-order valence-electron chi connectivity index (χ4n) is 4.30. The van der Waals surface area contributed by atoms with Crippen molar-refractivity contribution in [2.75, 3.05) is 49.1 Å². The third kappa shape index (κ3) is 3.79. The quantitative estimate of drug-likeness (QED) is 0.667. The molecule has 1 aromatic carbocycles. The number of pyridine rings is 1. The molecular weight excluding hydrogens is 382 g/mol. The Morgan fingerprint density at radius 1 is 0.966 bits per heavy atom. The first-order valence-electron chi connectivity index (χ1n) is 10.3. The lowest BCUT2D eigenvalue weighted by molar-refractivity contribution is -0.136. The van der Waals surface area contributed by atoms with Gasteiger partial charge in [-0.2, -0.15) is 0 Å². The molecule has 2 fully saturated rings. The Kier molecular flexibility index (Phi) is 5.06. The van der Waals surface area contributed by atoms with Crippen LogP contribution in [-0.4, -0.2) is 60.0 Å². The number of carbonyl (C=O) groups is 1. The van der Waals surface area contributed by atoms with E-state index in [2.05, 4.69) is 33.0 Å². The first kappa shape index (κ1) is 18.4. The second-order valence-electron chi connectivity index (χ2n) is 7.75. The summed E-state index contributed by atoms with van der Waals surface area (Å²) in [7, 11) is 0. The molecule has 1 atom stereocenters. The standard InChI is InChI=1S/C22H25N5OS/c28-21(26-14-12-25(13-15-26)20-9-3-4-10-23-20)17-6-5-11-27(16-17)22-24-18-7-1-2-8-19(18)29-22/h1-4,7-10,17H,5-6,11-16H2. The van der Waals surface area contributed by atoms with Gasteiger partial charge < -0.3 is 14.7 Å². The highest BCUT2D eigenvalue weighted by Crippen LogP contribution is 2.32. The lowest BCUT2D eigenvalue weighted by atomic mass is 9.96. The van der Waals surface area contributed by atoms with Gasteiger partial charge >= 0.3 is 0 Å². The van der Waals surface area contributed by atoms with Crippen LogP contribution in [0.1, 0.15) is 12.8 Å². The average Bonchev–Trinajstić information content (AvgIpc) is 3.24. The van der Waals surface area contributed by atoms with Crippen molar-refractivity contribution < 1.29 is 4.79 Å². The van der Waals surface area contributed by atoms with Gasteiger partial charge in [0.15, 0.2) is 5.13 Å². The number of amides is 1. The minimum Gasteiger partial charge on any atom is -0.353 e. The molecule has 4 heterocycles. The normalized spacial score (nSPS) is 20.3. The van der Waals surface area contributed by atoms with E-state index in [4.69, 9.17) is 4.98 Å². The van der Waals surface area contributed by atoms with Crippen LogP contribution in [0, 0.1) is 5.92 Å². The Morgan fingerprint density at radius 2 is 1.79 bits per heavy atom. The number of hydrogen-bond donors (Lipinski definition) is 0. The Morgan fingerprint density at radius 3 is 2.59 bits per heavy atom. The van der Waals surface area contributed by atoms with Crippen molar-refractivity contribution >= 4 is 38.4 Å². The predicted molar refractivity (Wildman–Crippen MR) is 118 cm³/mol. The van der Waals surface area contributed by atoms with Crippen LogP contribution >= 0.6 is 11.3 Å². The molecule has 0 saturated carbocycles. The van der Waals surface area contributed by atoms with E-state index in [1.165, 1.54) is 4.70 Å². The fraction of sp³-hybridized carbons (Fsp3) is 0.409. The number of piperidine rings is 1. The zero-order valence-corrected chi connectivity index (χ0v) is 17.2. The molecular formula is C22H25N5OS. The maximum absolute atomic E-state index is 13.2. The minimum atomic E-state index is 0.0668. The highest BCUT2D eigenvalue weighted by Gasteiger charge is 2.32. The Balaban J connectivity index is 1.22. The van der Waals surface area contributed by atoms with Gasteiger partial charge in [0, 0.05) is 45.5 Å². The number of benzene rings is 1. The van der Waals surface area contributed by atoms with Crippen molar-refractivity contribution in [1.82, 2.24) is 14.9 Å². The largest absolute Gasteiger partial charge is 0.353 e. The summed E-state index contributed by atoms with van der Waals surface area (Å²) >= 11 is 1.73. The molecule has 1 unspecified atom stereocenters. The van der Waals surface area contributed by atoms with Crippen LogP contribution in [0.4, 0.5) is 10.9 Å². The molecule has 2 aliphatic rings. The number of fused-ring (bicyclic) bond motifs is 1. The van der Waals surface area contributed by atoms with Crippen LogP contribution < -0.4 is 9.80 Å². The molecule has 1 amide bonds. The monoisotopic (exact) mass is 407 g/mol. The van der Waals surface area contributed by atoms with Crippen LogP contribution in [0.3, 0.4) is 0 Å². The van der Waals surface area contributed by atoms with Crippen LogP contribution in [-0.2, 0) is 4.79 Å². The number of carbonyl (C=O) groups excluding carboxylic acids is 1. The van der Waals surface area contributed by atoms with Gasteiger partial charge in [-0.3, -0.25) is 4.79 Å². The topological polar surface area (TPSA) is 52.6 Å². The predicted octanol–water partition coefficient (Wildman–Crippen LogP) is 3.26. The third-order valence-electron chi connectivity index (χ3n) is 5.89. The molecule has 29 heavy (non-hydrogen) atoms. The molecule has 0 aliphatic carbocycles. The van der Waals surface area contributed by atoms with Gasteiger partial charge in [-0.15, -0.1) is 0 Å². The molecule has 2 saturated heterocycles. The summed E-state index contributed by atoms with van der Waals surface area (Å²) in [6, 6.07) is 14.2. The first-order valence-corrected chi connectivity index (χ1v) is 11.1. The Hall–Kier alpha value is -2.67. The lowest BCUT2D eigenvalue weighted by Crippen LogP contribution is -2.52. The smallest absolute Gasteiger partial charge is 0.227 e. The van der Waals surface area contributed by atoms with Gasteiger partial charge in [0.2, 0.25) is 5.91 Å². The lowest BCUT2D eigenvalue weighted by Gasteiger charge is -2.39. The molecule has 7 heteroatoms. The number of rotatable bonds is 3. The minimum absolute atomic E-state index is 0.0668. The number of thiazole rings is 1. The number of piperazine rings is 1. The van der Waals surface area contributed by atoms with Crippen molar-refractivity contribution in [2.24, 2.45) is 5.92 Å². The maximum atomic E-state index is 13.2. The van der Waals surface area contributed by atoms with Gasteiger partial charge in [0.25, 0.3) is 0 Å². The number of nitrogens with zero attached hydrogens (tertiary/aromatic N) is 5. The van der Waals surface area contributed by atoms with Gasteiger partial charge in [-0.25, -0.2) is 9.97 Å². The number of anilines is 2. The summed E-state index contributed by atoms with van der Waals surface area (Å²) in [6.07, 6.45) is 3.84. The second kappa shape index (κ2) is 7.99. The van der Waals surface area contributed by atoms with Crippen molar-refractivity contribution in [3.63, 3.8) is 0 Å². The molecule has 3 aromatic rings. The van der Waals surface area contributed by atoms with E-state index in [0.717, 1.165) is 68.6 Å². The summed E-state index contributed by atoms with van der Waals surface area (Å²) < 4.78 is 1.21. The first-order chi connectivity index (χ1) is 14.3. The number of aromatic nitrogens is 2. The van der Waals surface area contributed by atoms with E-state index in [0.29, 0.717) is 5.91 Å². The van der Waals surface area contributed by atoms with Gasteiger partial charge in [-0.05, 0) is 37.1 Å². The highest BCUT2D eigenvalue weighted by molar-refractivity contribution is 7.22. The van der Waals surface area contributed by atoms with Gasteiger partial charge in [0.1, 0.15) is 5.82 Å². The molecule has 0 radical (unpaired) electrons. The van der Waals surface area contributed by atoms with Crippen molar-refractivity contribution in [3.8, 4) is 0 Å². The molecule has 0 N–H and O–H groups in total. The Labute approximate surface area is 174 Å². The van der Waals surface area contributed by atoms with Gasteiger partial charge in [-0.1, -0.05) is 29.5 Å². The van der Waals surface area contributed by atoms with E-state index in [1.807, 2.05) is 35.4 Å². The third-order valence-corrected chi connectivity index (χ3v) is 6.99. The van der Waals surface area contributed by atoms with E-state index < -0.39 is 0 Å². The molecule has 2 aromatic heterocycles. The zero-order chi connectivity index (χ0) is 19.6. The number of para-hydroxylation sites is 1. The average molecular weight is 408 g/mol. The highest BCUT2D eigenvalue weighted by atomic mass is 32.1. The summed E-state index contributed by atoms with van der Waals surface area (Å²) in [5.74, 6) is 1.37. The summed E-state index contributed by atoms with van der Waals surface area (Å²) in [5, 5.41) is 1.05. The second-order valence-corrected chi connectivity index (χ2v) is 8.76. The summed E-state index contributed by atoms with van der Waals surface area (Å²) in [6.45, 7) is 4.99. The summed E-state index contributed by atoms with van der Waals surface area (Å²) in [5.41, 5.74) is 1.05. The van der Waals surface area contributed by atoms with E-state index >= 15 is 0 Å². The molecule has 0 spiro atoms. The fourth-order valence-corrected chi connectivity index (χ4v) is 5.30.